The van der Waals surface area contributed by atoms with Crippen molar-refractivity contribution in [3.8, 4) is 0 Å². The number of aliphatic imine (C=N–C) groups is 2. The van der Waals surface area contributed by atoms with E-state index in [4.69, 9.17) is 4.43 Å². The summed E-state index contributed by atoms with van der Waals surface area (Å²) in [5.41, 5.74) is -7.59. The zero-order chi connectivity index (χ0) is 50.6. The minimum atomic E-state index is -4.96. The molecule has 0 saturated carbocycles. The number of halogens is 17. The van der Waals surface area contributed by atoms with E-state index in [1.807, 2.05) is 33.9 Å². The standard InChI is InChI=1S/C24H24BrF7N2O2Si.C18H9BrF8N2O2/c1-22(2,3)37(4,5)36-19-15(26)9-23(13-6-7-14(25)18(27)17(13)19)11-34-10-12(24(30,31)32)8-16(20(34)33-23)35-21(28)29;19-9-2-1-8-11(12(9)20)13(30)17(23,24)5-16(8)6-29-4-7(18(25,26)27)3-10(14(29)28-16)31-15(21)22/h6-8,10,21H,9,11H2,1-5H3;1-4,15H,5-6H2/t23-;16-/m11/s1. The third-order valence-electron chi connectivity index (χ3n) is 12.1. The minimum absolute atomic E-state index is 0.0247. The van der Waals surface area contributed by atoms with Crippen molar-refractivity contribution < 1.29 is 84.6 Å². The fraction of sp³-hybridized carbons (Fsp3) is 0.405. The number of fused-ring (bicyclic) bond motifs is 6. The summed E-state index contributed by atoms with van der Waals surface area (Å²) >= 11 is 5.91. The average molecular weight is 1130 g/mol. The number of Topliss-reactive ketones (excluding diaryl/α,β-unsaturated/α-hetero) is 1. The van der Waals surface area contributed by atoms with Crippen LogP contribution < -0.4 is 0 Å². The van der Waals surface area contributed by atoms with Gasteiger partial charge in [-0.3, -0.25) is 14.8 Å². The topological polar surface area (TPSA) is 76.0 Å². The summed E-state index contributed by atoms with van der Waals surface area (Å²) < 4.78 is 221. The van der Waals surface area contributed by atoms with Crippen molar-refractivity contribution in [2.75, 3.05) is 13.1 Å². The van der Waals surface area contributed by atoms with Crippen LogP contribution in [0.3, 0.4) is 0 Å². The maximum Gasteiger partial charge on any atom is 0.417 e. The Labute approximate surface area is 393 Å². The molecule has 4 aliphatic heterocycles. The molecule has 0 amide bonds. The first-order valence-electron chi connectivity index (χ1n) is 19.7. The van der Waals surface area contributed by atoms with Gasteiger partial charge in [-0.2, -0.15) is 52.7 Å². The summed E-state index contributed by atoms with van der Waals surface area (Å²) in [6.45, 7) is 1.55. The molecule has 4 heterocycles. The van der Waals surface area contributed by atoms with Gasteiger partial charge in [-0.25, -0.2) is 13.2 Å². The number of carbonyl (C=O) groups is 1. The molecule has 26 heteroatoms. The fourth-order valence-electron chi connectivity index (χ4n) is 8.03. The number of nitrogens with zero attached hydrogens (tertiary/aromatic N) is 4. The lowest BCUT2D eigenvalue weighted by molar-refractivity contribution is -0.0981. The summed E-state index contributed by atoms with van der Waals surface area (Å²) in [6.07, 6.45) is -9.68. The molecule has 8 nitrogen and oxygen atoms in total. The van der Waals surface area contributed by atoms with Crippen LogP contribution in [0.5, 0.6) is 0 Å². The maximum atomic E-state index is 15.9. The van der Waals surface area contributed by atoms with Gasteiger partial charge in [0.1, 0.15) is 34.3 Å². The Hall–Kier alpha value is -4.72. The van der Waals surface area contributed by atoms with Crippen molar-refractivity contribution in [1.29, 1.82) is 0 Å². The molecule has 0 saturated heterocycles. The smallest absolute Gasteiger partial charge is 0.417 e. The molecule has 0 N–H and O–H groups in total. The van der Waals surface area contributed by atoms with Gasteiger partial charge in [-0.15, -0.1) is 0 Å². The van der Waals surface area contributed by atoms with Gasteiger partial charge in [0.2, 0.25) is 5.78 Å². The van der Waals surface area contributed by atoms with Crippen LogP contribution in [0.2, 0.25) is 18.1 Å². The number of hydrogen-bond acceptors (Lipinski definition) is 8. The van der Waals surface area contributed by atoms with Crippen molar-refractivity contribution >= 4 is 63.4 Å². The van der Waals surface area contributed by atoms with E-state index < -0.39 is 128 Å². The Morgan fingerprint density at radius 2 is 1.13 bits per heavy atom. The Kier molecular flexibility index (Phi) is 12.8. The average Bonchev–Trinajstić information content (AvgIpc) is 3.75. The van der Waals surface area contributed by atoms with E-state index in [2.05, 4.69) is 51.3 Å². The second-order valence-corrected chi connectivity index (χ2v) is 24.1. The highest BCUT2D eigenvalue weighted by atomic mass is 79.9. The zero-order valence-corrected chi connectivity index (χ0v) is 39.6. The molecule has 368 valence electrons. The quantitative estimate of drug-likeness (QED) is 0.212. The number of alkyl halides is 12. The van der Waals surface area contributed by atoms with Crippen molar-refractivity contribution in [2.45, 2.75) is 94.3 Å². The molecule has 2 spiro atoms. The number of benzene rings is 2. The largest absolute Gasteiger partial charge is 0.541 e. The summed E-state index contributed by atoms with van der Waals surface area (Å²) in [5.74, 6) is -11.8. The highest BCUT2D eigenvalue weighted by molar-refractivity contribution is 9.10. The van der Waals surface area contributed by atoms with Crippen LogP contribution in [0.4, 0.5) is 65.9 Å². The molecule has 2 aromatic carbocycles. The van der Waals surface area contributed by atoms with Crippen LogP contribution in [-0.4, -0.2) is 80.2 Å². The van der Waals surface area contributed by atoms with Gasteiger partial charge in [0.25, 0.3) is 8.32 Å². The summed E-state index contributed by atoms with van der Waals surface area (Å²) in [6, 6.07) is 5.14. The third-order valence-corrected chi connectivity index (χ3v) is 17.6. The van der Waals surface area contributed by atoms with Gasteiger partial charge in [-0.05, 0) is 85.4 Å². The molecule has 0 fully saturated rings. The van der Waals surface area contributed by atoms with Crippen molar-refractivity contribution in [2.24, 2.45) is 9.98 Å². The summed E-state index contributed by atoms with van der Waals surface area (Å²) in [4.78, 5) is 22.3. The molecule has 0 radical (unpaired) electrons. The summed E-state index contributed by atoms with van der Waals surface area (Å²) in [5, 5.41) is -0.350. The number of carbonyl (C=O) groups excluding carboxylic acids is 1. The maximum absolute atomic E-state index is 15.9. The van der Waals surface area contributed by atoms with Gasteiger partial charge in [0.05, 0.1) is 50.7 Å². The van der Waals surface area contributed by atoms with Gasteiger partial charge in [-0.1, -0.05) is 32.9 Å². The van der Waals surface area contributed by atoms with E-state index in [-0.39, 0.29) is 54.9 Å². The zero-order valence-electron chi connectivity index (χ0n) is 35.4. The molecule has 68 heavy (non-hydrogen) atoms. The van der Waals surface area contributed by atoms with E-state index in [0.29, 0.717) is 18.5 Å². The first kappa shape index (κ1) is 51.1. The molecule has 0 aromatic heterocycles. The SMILES string of the molecule is CC(C)(C)[Si](C)(C)OC1=C(F)C[C@@]2(CN3C=C(C(F)(F)F)C=C(OC(F)F)C3=N2)c2ccc(Br)c(F)c21.O=C1c2c(ccc(Br)c2F)[C@]2(CN3C=C(C(F)(F)F)C=C(OC(F)F)C3=N2)CC1(F)F. The molecule has 0 unspecified atom stereocenters. The van der Waals surface area contributed by atoms with Crippen LogP contribution >= 0.6 is 31.9 Å². The highest BCUT2D eigenvalue weighted by Gasteiger charge is 2.60. The summed E-state index contributed by atoms with van der Waals surface area (Å²) in [7, 11) is -2.66. The predicted molar refractivity (Wildman–Crippen MR) is 223 cm³/mol. The van der Waals surface area contributed by atoms with Gasteiger partial charge in [0, 0.05) is 18.8 Å². The van der Waals surface area contributed by atoms with E-state index >= 15 is 8.78 Å². The molecular weight excluding hydrogens is 1100 g/mol. The first-order valence-corrected chi connectivity index (χ1v) is 24.2. The molecule has 2 atom stereocenters. The molecule has 2 aromatic rings. The van der Waals surface area contributed by atoms with Crippen molar-refractivity contribution in [3.63, 3.8) is 0 Å². The molecule has 0 bridgehead atoms. The predicted octanol–water partition coefficient (Wildman–Crippen LogP) is 13.4. The Morgan fingerprint density at radius 3 is 1.57 bits per heavy atom. The highest BCUT2D eigenvalue weighted by Crippen LogP contribution is 2.54. The van der Waals surface area contributed by atoms with Crippen LogP contribution in [0.25, 0.3) is 5.76 Å². The van der Waals surface area contributed by atoms with E-state index in [1.165, 1.54) is 12.1 Å². The minimum Gasteiger partial charge on any atom is -0.541 e. The number of ether oxygens (including phenoxy) is 2. The second-order valence-electron chi connectivity index (χ2n) is 17.7. The number of rotatable bonds is 6. The van der Waals surface area contributed by atoms with Crippen LogP contribution in [0, 0.1) is 11.6 Å². The number of amidine groups is 2. The Bertz CT molecular complexity index is 2710. The molecule has 8 rings (SSSR count). The Morgan fingerprint density at radius 1 is 0.706 bits per heavy atom. The lowest BCUT2D eigenvalue weighted by atomic mass is 9.74. The lowest BCUT2D eigenvalue weighted by Gasteiger charge is -2.40. The number of ketones is 1. The van der Waals surface area contributed by atoms with Gasteiger partial charge >= 0.3 is 31.5 Å². The normalized spacial score (nSPS) is 23.3. The second kappa shape index (κ2) is 17.0. The van der Waals surface area contributed by atoms with Gasteiger partial charge < -0.3 is 23.7 Å². The van der Waals surface area contributed by atoms with E-state index in [9.17, 15) is 61.9 Å². The van der Waals surface area contributed by atoms with Crippen LogP contribution in [0.15, 0.2) is 96.2 Å². The third kappa shape index (κ3) is 9.12. The monoisotopic (exact) mass is 1130 g/mol. The van der Waals surface area contributed by atoms with Crippen molar-refractivity contribution in [1.82, 2.24) is 9.80 Å². The fourth-order valence-corrected chi connectivity index (χ4v) is 9.72. The first-order chi connectivity index (χ1) is 31.1. The Balaban J connectivity index is 0.000000204. The van der Waals surface area contributed by atoms with Crippen LogP contribution in [0.1, 0.15) is 60.7 Å². The number of allylic oxidation sites excluding steroid dienone is 4. The van der Waals surface area contributed by atoms with Gasteiger partial charge in [0.15, 0.2) is 23.2 Å². The molecular formula is C42H33Br2F15N4O4Si. The van der Waals surface area contributed by atoms with Crippen LogP contribution in [-0.2, 0) is 25.0 Å². The molecule has 2 aliphatic carbocycles. The molecule has 6 aliphatic rings. The van der Waals surface area contributed by atoms with Crippen molar-refractivity contribution in [3.05, 3.63) is 120 Å². The lowest BCUT2D eigenvalue weighted by Crippen LogP contribution is -2.47. The van der Waals surface area contributed by atoms with E-state index in [0.717, 1.165) is 21.9 Å². The number of hydrogen-bond donors (Lipinski definition) is 0. The van der Waals surface area contributed by atoms with E-state index in [1.54, 1.807) is 0 Å².